The van der Waals surface area contributed by atoms with E-state index in [1.54, 1.807) is 0 Å². The monoisotopic (exact) mass is 566 g/mol. The number of aromatic nitrogens is 3. The quantitative estimate of drug-likeness (QED) is 0.349. The first-order valence-electron chi connectivity index (χ1n) is 11.1. The summed E-state index contributed by atoms with van der Waals surface area (Å²) in [4.78, 5) is 15.9. The number of nitrogens with one attached hydrogen (secondary N) is 2. The van der Waals surface area contributed by atoms with Gasteiger partial charge in [0.05, 0.1) is 42.7 Å². The number of rotatable bonds is 7. The minimum atomic E-state index is -4.27. The van der Waals surface area contributed by atoms with Gasteiger partial charge in [0, 0.05) is 22.7 Å². The van der Waals surface area contributed by atoms with E-state index in [1.165, 1.54) is 19.4 Å². The van der Waals surface area contributed by atoms with Crippen LogP contribution in [0.1, 0.15) is 16.1 Å². The van der Waals surface area contributed by atoms with E-state index in [1.807, 2.05) is 0 Å². The highest BCUT2D eigenvalue weighted by atomic mass is 35.5. The molecule has 2 aromatic heterocycles. The average Bonchev–Trinajstić information content (AvgIpc) is 3.29. The summed E-state index contributed by atoms with van der Waals surface area (Å²) in [5.74, 6) is -5.20. The number of nitrogens with zero attached hydrogens (tertiary/aromatic N) is 2. The molecule has 38 heavy (non-hydrogen) atoms. The molecule has 1 aliphatic heterocycles. The summed E-state index contributed by atoms with van der Waals surface area (Å²) >= 11 is 5.87. The molecule has 198 valence electrons. The molecule has 9 nitrogen and oxygen atoms in total. The standard InChI is InChI=1S/C24H18ClF3N4O5S/c1-36-24-17(6-12(25)7-29-24)38(34,35)10-11-2-5-16(26)18(19(11)27)14-3-4-15-21(20(14)28)31-32-22(15)23(33)30-13-8-37-9-13/h2-7,13H,8-10H2,1H3,(H,30,33)(H,31,32). The van der Waals surface area contributed by atoms with Crippen LogP contribution in [0.25, 0.3) is 22.0 Å². The number of hydrogen-bond donors (Lipinski definition) is 2. The minimum Gasteiger partial charge on any atom is -0.480 e. The average molecular weight is 567 g/mol. The van der Waals surface area contributed by atoms with E-state index < -0.39 is 55.6 Å². The number of carbonyl (C=O) groups excluding carboxylic acids is 1. The van der Waals surface area contributed by atoms with Gasteiger partial charge in [-0.3, -0.25) is 9.89 Å². The number of sulfone groups is 1. The molecule has 1 amide bonds. The van der Waals surface area contributed by atoms with Gasteiger partial charge >= 0.3 is 0 Å². The second-order valence-corrected chi connectivity index (χ2v) is 10.8. The van der Waals surface area contributed by atoms with Crippen LogP contribution in [0.3, 0.4) is 0 Å². The van der Waals surface area contributed by atoms with E-state index in [4.69, 9.17) is 21.1 Å². The SMILES string of the molecule is COc1ncc(Cl)cc1S(=O)(=O)Cc1ccc(F)c(-c2ccc3c(C(=O)NC4COC4)[nH]nc3c2F)c1F. The van der Waals surface area contributed by atoms with Crippen molar-refractivity contribution >= 4 is 38.2 Å². The molecule has 0 bridgehead atoms. The Kier molecular flexibility index (Phi) is 6.75. The van der Waals surface area contributed by atoms with Gasteiger partial charge in [-0.1, -0.05) is 23.7 Å². The van der Waals surface area contributed by atoms with Crippen LogP contribution in [-0.2, 0) is 20.3 Å². The number of amides is 1. The first-order valence-corrected chi connectivity index (χ1v) is 13.1. The van der Waals surface area contributed by atoms with Gasteiger partial charge in [0.2, 0.25) is 5.88 Å². The molecule has 0 saturated carbocycles. The number of pyridine rings is 1. The third-order valence-electron chi connectivity index (χ3n) is 5.96. The predicted molar refractivity (Wildman–Crippen MR) is 130 cm³/mol. The largest absolute Gasteiger partial charge is 0.480 e. The fourth-order valence-corrected chi connectivity index (χ4v) is 5.73. The second kappa shape index (κ2) is 9.89. The zero-order valence-electron chi connectivity index (χ0n) is 19.5. The van der Waals surface area contributed by atoms with Crippen molar-refractivity contribution in [3.63, 3.8) is 0 Å². The minimum absolute atomic E-state index is 0.00749. The molecule has 1 aliphatic rings. The highest BCUT2D eigenvalue weighted by molar-refractivity contribution is 7.90. The van der Waals surface area contributed by atoms with Crippen LogP contribution in [0, 0.1) is 17.5 Å². The van der Waals surface area contributed by atoms with E-state index in [-0.39, 0.29) is 38.4 Å². The number of aromatic amines is 1. The summed E-state index contributed by atoms with van der Waals surface area (Å²) in [6.07, 6.45) is 1.18. The molecular formula is C24H18ClF3N4O5S. The normalized spacial score (nSPS) is 13.9. The summed E-state index contributed by atoms with van der Waals surface area (Å²) in [5.41, 5.74) is -2.05. The van der Waals surface area contributed by atoms with Crippen molar-refractivity contribution in [1.29, 1.82) is 0 Å². The van der Waals surface area contributed by atoms with Crippen LogP contribution in [0.4, 0.5) is 13.2 Å². The lowest BCUT2D eigenvalue weighted by atomic mass is 9.99. The van der Waals surface area contributed by atoms with Crippen molar-refractivity contribution < 1.29 is 35.9 Å². The second-order valence-electron chi connectivity index (χ2n) is 8.45. The van der Waals surface area contributed by atoms with E-state index in [0.29, 0.717) is 13.2 Å². The molecule has 0 unspecified atom stereocenters. The fourth-order valence-electron chi connectivity index (χ4n) is 4.01. The molecule has 3 heterocycles. The Bertz CT molecular complexity index is 1690. The molecular weight excluding hydrogens is 549 g/mol. The van der Waals surface area contributed by atoms with E-state index in [2.05, 4.69) is 20.5 Å². The molecule has 14 heteroatoms. The van der Waals surface area contributed by atoms with Crippen molar-refractivity contribution in [1.82, 2.24) is 20.5 Å². The Labute approximate surface area is 218 Å². The van der Waals surface area contributed by atoms with Crippen LogP contribution in [0.2, 0.25) is 5.02 Å². The van der Waals surface area contributed by atoms with Crippen molar-refractivity contribution in [2.45, 2.75) is 16.7 Å². The number of H-pyrrole nitrogens is 1. The molecule has 5 rings (SSSR count). The number of hydrogen-bond acceptors (Lipinski definition) is 7. The summed E-state index contributed by atoms with van der Waals surface area (Å²) in [7, 11) is -3.07. The van der Waals surface area contributed by atoms with Gasteiger partial charge in [-0.05, 0) is 18.2 Å². The first-order chi connectivity index (χ1) is 18.1. The maximum atomic E-state index is 15.6. The van der Waals surface area contributed by atoms with Gasteiger partial charge in [-0.25, -0.2) is 26.6 Å². The molecule has 1 fully saturated rings. The number of ether oxygens (including phenoxy) is 2. The third kappa shape index (κ3) is 4.57. The van der Waals surface area contributed by atoms with Crippen LogP contribution >= 0.6 is 11.6 Å². The van der Waals surface area contributed by atoms with Gasteiger partial charge in [-0.15, -0.1) is 0 Å². The Balaban J connectivity index is 1.53. The van der Waals surface area contributed by atoms with Gasteiger partial charge < -0.3 is 14.8 Å². The molecule has 0 radical (unpaired) electrons. The van der Waals surface area contributed by atoms with E-state index in [0.717, 1.165) is 24.3 Å². The van der Waals surface area contributed by atoms with Gasteiger partial charge in [0.25, 0.3) is 5.91 Å². The summed E-state index contributed by atoms with van der Waals surface area (Å²) in [6.45, 7) is 0.697. The van der Waals surface area contributed by atoms with Gasteiger partial charge in [0.1, 0.15) is 27.7 Å². The summed E-state index contributed by atoms with van der Waals surface area (Å²) < 4.78 is 82.0. The van der Waals surface area contributed by atoms with Crippen LogP contribution in [0.5, 0.6) is 5.88 Å². The number of halogens is 4. The fraction of sp³-hybridized carbons (Fsp3) is 0.208. The van der Waals surface area contributed by atoms with Crippen molar-refractivity contribution in [3.05, 3.63) is 70.3 Å². The van der Waals surface area contributed by atoms with E-state index in [9.17, 15) is 17.6 Å². The van der Waals surface area contributed by atoms with Crippen molar-refractivity contribution in [2.24, 2.45) is 0 Å². The molecule has 2 N–H and O–H groups in total. The number of benzene rings is 2. The lowest BCUT2D eigenvalue weighted by Gasteiger charge is -2.26. The Morgan fingerprint density at radius 3 is 2.66 bits per heavy atom. The van der Waals surface area contributed by atoms with Crippen LogP contribution in [0.15, 0.2) is 41.4 Å². The molecule has 0 atom stereocenters. The van der Waals surface area contributed by atoms with Crippen molar-refractivity contribution in [3.8, 4) is 17.0 Å². The third-order valence-corrected chi connectivity index (χ3v) is 7.82. The molecule has 0 spiro atoms. The van der Waals surface area contributed by atoms with E-state index >= 15 is 8.78 Å². The zero-order chi connectivity index (χ0) is 27.2. The number of carbonyl (C=O) groups is 1. The number of fused-ring (bicyclic) bond motifs is 1. The molecule has 1 saturated heterocycles. The molecule has 4 aromatic rings. The lowest BCUT2D eigenvalue weighted by molar-refractivity contribution is -0.00352. The Morgan fingerprint density at radius 2 is 1.97 bits per heavy atom. The zero-order valence-corrected chi connectivity index (χ0v) is 21.1. The summed E-state index contributed by atoms with van der Waals surface area (Å²) in [6, 6.07) is 5.10. The number of methoxy groups -OCH3 is 1. The maximum Gasteiger partial charge on any atom is 0.270 e. The smallest absolute Gasteiger partial charge is 0.270 e. The van der Waals surface area contributed by atoms with Gasteiger partial charge in [0.15, 0.2) is 15.7 Å². The highest BCUT2D eigenvalue weighted by Gasteiger charge is 2.28. The van der Waals surface area contributed by atoms with Crippen LogP contribution < -0.4 is 10.1 Å². The summed E-state index contributed by atoms with van der Waals surface area (Å²) in [5, 5.41) is 9.07. The first kappa shape index (κ1) is 25.9. The predicted octanol–water partition coefficient (Wildman–Crippen LogP) is 3.81. The maximum absolute atomic E-state index is 15.6. The highest BCUT2D eigenvalue weighted by Crippen LogP contribution is 2.35. The van der Waals surface area contributed by atoms with Crippen LogP contribution in [-0.4, -0.2) is 55.9 Å². The van der Waals surface area contributed by atoms with Crippen molar-refractivity contribution in [2.75, 3.05) is 20.3 Å². The Morgan fingerprint density at radius 1 is 1.21 bits per heavy atom. The lowest BCUT2D eigenvalue weighted by Crippen LogP contribution is -2.48. The topological polar surface area (TPSA) is 123 Å². The Hall–Kier alpha value is -3.68. The molecule has 2 aromatic carbocycles. The molecule has 0 aliphatic carbocycles. The van der Waals surface area contributed by atoms with Gasteiger partial charge in [-0.2, -0.15) is 5.10 Å².